The van der Waals surface area contributed by atoms with E-state index in [0.717, 1.165) is 27.7 Å². The molecule has 2 aromatic heterocycles. The van der Waals surface area contributed by atoms with E-state index in [9.17, 15) is 14.9 Å². The number of benzene rings is 1. The molecule has 2 heterocycles. The molecule has 0 aliphatic heterocycles. The fourth-order valence-corrected chi connectivity index (χ4v) is 4.05. The highest BCUT2D eigenvalue weighted by molar-refractivity contribution is 9.10. The second-order valence-electron chi connectivity index (χ2n) is 6.12. The van der Waals surface area contributed by atoms with Crippen LogP contribution in [0.5, 0.6) is 0 Å². The molecule has 0 saturated carbocycles. The van der Waals surface area contributed by atoms with Crippen molar-refractivity contribution in [3.63, 3.8) is 0 Å². The van der Waals surface area contributed by atoms with Crippen LogP contribution in [0.15, 0.2) is 39.2 Å². The summed E-state index contributed by atoms with van der Waals surface area (Å²) in [6, 6.07) is 8.21. The molecule has 0 spiro atoms. The second-order valence-corrected chi connectivity index (χ2v) is 8.04. The number of aromatic nitrogens is 1. The van der Waals surface area contributed by atoms with Gasteiger partial charge in [-0.1, -0.05) is 27.3 Å². The summed E-state index contributed by atoms with van der Waals surface area (Å²) in [5, 5.41) is 11.4. The Balaban J connectivity index is 0.00000280. The summed E-state index contributed by atoms with van der Waals surface area (Å²) < 4.78 is 6.97. The van der Waals surface area contributed by atoms with Gasteiger partial charge in [-0.3, -0.25) is 19.8 Å². The molecule has 0 aliphatic carbocycles. The zero-order valence-electron chi connectivity index (χ0n) is 15.1. The van der Waals surface area contributed by atoms with E-state index in [4.69, 9.17) is 4.42 Å². The minimum Gasteiger partial charge on any atom is -0.395 e. The largest absolute Gasteiger partial charge is 0.433 e. The second kappa shape index (κ2) is 9.46. The number of hydrogen-bond donors (Lipinski definition) is 0. The van der Waals surface area contributed by atoms with Crippen LogP contribution in [-0.4, -0.2) is 47.9 Å². The lowest BCUT2D eigenvalue weighted by molar-refractivity contribution is -0.402. The van der Waals surface area contributed by atoms with Gasteiger partial charge in [-0.05, 0) is 51.3 Å². The Morgan fingerprint density at radius 2 is 2.04 bits per heavy atom. The molecule has 0 saturated heterocycles. The first-order valence-corrected chi connectivity index (χ1v) is 9.73. The van der Waals surface area contributed by atoms with Crippen LogP contribution in [0, 0.1) is 10.1 Å². The number of carbonyl (C=O) groups is 1. The Bertz CT molecular complexity index is 991. The lowest BCUT2D eigenvalue weighted by Crippen LogP contribution is -2.33. The average Bonchev–Trinajstić information content (AvgIpc) is 3.24. The summed E-state index contributed by atoms with van der Waals surface area (Å²) >= 11 is 4.82. The molecule has 0 fully saturated rings. The normalized spacial score (nSPS) is 10.9. The van der Waals surface area contributed by atoms with Gasteiger partial charge in [0, 0.05) is 11.0 Å². The van der Waals surface area contributed by atoms with Gasteiger partial charge in [0.1, 0.15) is 4.92 Å². The monoisotopic (exact) mass is 488 g/mol. The molecular weight excluding hydrogens is 472 g/mol. The smallest absolute Gasteiger partial charge is 0.395 e. The van der Waals surface area contributed by atoms with E-state index in [1.54, 1.807) is 0 Å². The van der Waals surface area contributed by atoms with Gasteiger partial charge in [0.15, 0.2) is 10.9 Å². The molecule has 0 N–H and O–H groups in total. The number of halogens is 2. The van der Waals surface area contributed by atoms with Gasteiger partial charge in [0.05, 0.1) is 16.3 Å². The number of thiazole rings is 1. The molecule has 3 rings (SSSR count). The predicted octanol–water partition coefficient (Wildman–Crippen LogP) is 4.58. The van der Waals surface area contributed by atoms with Crippen molar-refractivity contribution in [2.45, 2.75) is 6.42 Å². The number of nitro groups is 1. The first kappa shape index (κ1) is 22.3. The number of rotatable bonds is 7. The van der Waals surface area contributed by atoms with Crippen molar-refractivity contribution >= 4 is 66.8 Å². The Morgan fingerprint density at radius 1 is 1.29 bits per heavy atom. The minimum absolute atomic E-state index is 0. The van der Waals surface area contributed by atoms with Crippen LogP contribution < -0.4 is 4.90 Å². The van der Waals surface area contributed by atoms with E-state index >= 15 is 0 Å². The van der Waals surface area contributed by atoms with Crippen molar-refractivity contribution in [1.29, 1.82) is 0 Å². The van der Waals surface area contributed by atoms with Crippen LogP contribution in [0.4, 0.5) is 11.0 Å². The summed E-state index contributed by atoms with van der Waals surface area (Å²) in [5.74, 6) is -0.980. The summed E-state index contributed by atoms with van der Waals surface area (Å²) in [7, 11) is 3.91. The van der Waals surface area contributed by atoms with Gasteiger partial charge in [0.2, 0.25) is 0 Å². The quantitative estimate of drug-likeness (QED) is 0.356. The Hall–Kier alpha value is -2.01. The van der Waals surface area contributed by atoms with Crippen molar-refractivity contribution in [3.05, 3.63) is 50.7 Å². The molecule has 1 amide bonds. The van der Waals surface area contributed by atoms with E-state index in [1.165, 1.54) is 28.4 Å². The van der Waals surface area contributed by atoms with E-state index in [0.29, 0.717) is 11.7 Å². The first-order chi connectivity index (χ1) is 12.8. The van der Waals surface area contributed by atoms with Crippen molar-refractivity contribution < 1.29 is 14.1 Å². The molecular formula is C17H18BrClN4O4S. The number of carbonyl (C=O) groups excluding carboxylic acids is 1. The summed E-state index contributed by atoms with van der Waals surface area (Å²) in [6.45, 7) is 1.21. The molecule has 11 heteroatoms. The molecule has 0 aliphatic rings. The highest BCUT2D eigenvalue weighted by Crippen LogP contribution is 2.32. The molecule has 28 heavy (non-hydrogen) atoms. The molecule has 0 bridgehead atoms. The lowest BCUT2D eigenvalue weighted by atomic mass is 10.3. The predicted molar refractivity (Wildman–Crippen MR) is 115 cm³/mol. The molecule has 1 aromatic carbocycles. The van der Waals surface area contributed by atoms with Gasteiger partial charge in [-0.2, -0.15) is 0 Å². The number of furan rings is 1. The molecule has 150 valence electrons. The van der Waals surface area contributed by atoms with Gasteiger partial charge in [-0.15, -0.1) is 12.4 Å². The topological polar surface area (TPSA) is 92.7 Å². The third kappa shape index (κ3) is 5.07. The molecule has 0 radical (unpaired) electrons. The first-order valence-electron chi connectivity index (χ1n) is 8.12. The highest BCUT2D eigenvalue weighted by atomic mass is 79.9. The molecule has 8 nitrogen and oxygen atoms in total. The van der Waals surface area contributed by atoms with Crippen molar-refractivity contribution in [3.8, 4) is 0 Å². The molecule has 0 unspecified atom stereocenters. The fourth-order valence-electron chi connectivity index (χ4n) is 2.50. The third-order valence-corrected chi connectivity index (χ3v) is 5.32. The zero-order valence-corrected chi connectivity index (χ0v) is 18.3. The summed E-state index contributed by atoms with van der Waals surface area (Å²) in [5.41, 5.74) is 0.786. The van der Waals surface area contributed by atoms with E-state index in [1.807, 2.05) is 37.2 Å². The van der Waals surface area contributed by atoms with E-state index < -0.39 is 16.7 Å². The maximum Gasteiger partial charge on any atom is 0.433 e. The van der Waals surface area contributed by atoms with Gasteiger partial charge >= 0.3 is 5.88 Å². The number of hydrogen-bond acceptors (Lipinski definition) is 7. The van der Waals surface area contributed by atoms with Crippen LogP contribution in [0.3, 0.4) is 0 Å². The van der Waals surface area contributed by atoms with Gasteiger partial charge in [-0.25, -0.2) is 4.98 Å². The lowest BCUT2D eigenvalue weighted by Gasteiger charge is -2.19. The van der Waals surface area contributed by atoms with Gasteiger partial charge in [0.25, 0.3) is 5.91 Å². The average molecular weight is 490 g/mol. The molecule has 3 aromatic rings. The Labute approximate surface area is 179 Å². The molecule has 0 atom stereocenters. The summed E-state index contributed by atoms with van der Waals surface area (Å²) in [6.07, 6.45) is 0.723. The fraction of sp³-hybridized carbons (Fsp3) is 0.294. The van der Waals surface area contributed by atoms with E-state index in [-0.39, 0.29) is 18.2 Å². The van der Waals surface area contributed by atoms with Crippen LogP contribution in [-0.2, 0) is 0 Å². The maximum absolute atomic E-state index is 13.0. The minimum atomic E-state index is -0.664. The van der Waals surface area contributed by atoms with Crippen LogP contribution >= 0.6 is 39.7 Å². The standard InChI is InChI=1S/C17H17BrN4O4S.ClH/c1-20(2)8-3-9-21(16(23)13-6-7-15(26-13)22(24)25)17-19-12-5-4-11(18)10-14(12)27-17;/h4-7,10H,3,8-9H2,1-2H3;1H. The van der Waals surface area contributed by atoms with Crippen LogP contribution in [0.2, 0.25) is 0 Å². The SMILES string of the molecule is CN(C)CCCN(C(=O)c1ccc([N+](=O)[O-])o1)c1nc2ccc(Br)cc2s1.Cl. The van der Waals surface area contributed by atoms with Crippen molar-refractivity contribution in [2.24, 2.45) is 0 Å². The number of anilines is 1. The number of nitrogens with zero attached hydrogens (tertiary/aromatic N) is 4. The third-order valence-electron chi connectivity index (χ3n) is 3.78. The zero-order chi connectivity index (χ0) is 19.6. The Kier molecular flexibility index (Phi) is 7.53. The highest BCUT2D eigenvalue weighted by Gasteiger charge is 2.26. The summed E-state index contributed by atoms with van der Waals surface area (Å²) in [4.78, 5) is 31.2. The maximum atomic E-state index is 13.0. The van der Waals surface area contributed by atoms with Crippen molar-refractivity contribution in [2.75, 3.05) is 32.1 Å². The van der Waals surface area contributed by atoms with Crippen molar-refractivity contribution in [1.82, 2.24) is 9.88 Å². The number of fused-ring (bicyclic) bond motifs is 1. The van der Waals surface area contributed by atoms with E-state index in [2.05, 4.69) is 20.9 Å². The van der Waals surface area contributed by atoms with Crippen LogP contribution in [0.25, 0.3) is 10.2 Å². The van der Waals surface area contributed by atoms with Crippen LogP contribution in [0.1, 0.15) is 17.0 Å². The van der Waals surface area contributed by atoms with Gasteiger partial charge < -0.3 is 9.32 Å². The Morgan fingerprint density at radius 3 is 2.68 bits per heavy atom. The number of amides is 1.